The van der Waals surface area contributed by atoms with Crippen molar-refractivity contribution in [2.75, 3.05) is 13.7 Å². The summed E-state index contributed by atoms with van der Waals surface area (Å²) in [6.07, 6.45) is 1.72. The van der Waals surface area contributed by atoms with E-state index >= 15 is 0 Å². The van der Waals surface area contributed by atoms with Crippen molar-refractivity contribution in [1.29, 1.82) is 0 Å². The molecule has 0 aromatic heterocycles. The van der Waals surface area contributed by atoms with E-state index in [1.807, 2.05) is 18.2 Å². The normalized spacial score (nSPS) is 11.7. The highest BCUT2D eigenvalue weighted by Crippen LogP contribution is 2.27. The summed E-state index contributed by atoms with van der Waals surface area (Å²) in [6.45, 7) is 7.25. The lowest BCUT2D eigenvalue weighted by Gasteiger charge is -2.13. The van der Waals surface area contributed by atoms with E-state index in [-0.39, 0.29) is 0 Å². The van der Waals surface area contributed by atoms with Gasteiger partial charge < -0.3 is 14.8 Å². The lowest BCUT2D eigenvalue weighted by molar-refractivity contribution is -0.707. The van der Waals surface area contributed by atoms with Crippen LogP contribution in [0.25, 0.3) is 0 Å². The van der Waals surface area contributed by atoms with Crippen LogP contribution in [0.2, 0.25) is 0 Å². The quantitative estimate of drug-likeness (QED) is 0.760. The van der Waals surface area contributed by atoms with Crippen molar-refractivity contribution in [1.82, 2.24) is 0 Å². The molecular weight excluding hydrogens is 274 g/mol. The van der Waals surface area contributed by atoms with Crippen molar-refractivity contribution < 1.29 is 14.8 Å². The Morgan fingerprint density at radius 1 is 1.14 bits per heavy atom. The molecule has 0 heterocycles. The summed E-state index contributed by atoms with van der Waals surface area (Å²) in [5.41, 5.74) is 2.55. The summed E-state index contributed by atoms with van der Waals surface area (Å²) in [5.74, 6) is 1.52. The van der Waals surface area contributed by atoms with E-state index in [9.17, 15) is 0 Å². The van der Waals surface area contributed by atoms with Gasteiger partial charge in [0.05, 0.1) is 7.11 Å². The molecule has 0 spiro atoms. The molecule has 0 aliphatic heterocycles. The van der Waals surface area contributed by atoms with Crippen LogP contribution in [0.15, 0.2) is 61.2 Å². The zero-order valence-corrected chi connectivity index (χ0v) is 13.3. The monoisotopic (exact) mass is 298 g/mol. The highest BCUT2D eigenvalue weighted by molar-refractivity contribution is 5.42. The third kappa shape index (κ3) is 4.37. The van der Waals surface area contributed by atoms with E-state index in [1.165, 1.54) is 11.1 Å². The number of nitrogens with two attached hydrogens (primary N) is 1. The molecule has 2 aromatic rings. The van der Waals surface area contributed by atoms with Gasteiger partial charge in [0.15, 0.2) is 11.5 Å². The fourth-order valence-electron chi connectivity index (χ4n) is 2.31. The number of rotatable bonds is 8. The Kier molecular flexibility index (Phi) is 6.04. The molecule has 2 aromatic carbocycles. The number of ether oxygens (including phenoxy) is 2. The summed E-state index contributed by atoms with van der Waals surface area (Å²) in [5, 5.41) is 2.31. The minimum absolute atomic E-state index is 0.420. The average Bonchev–Trinajstić information content (AvgIpc) is 2.58. The van der Waals surface area contributed by atoms with Crippen molar-refractivity contribution in [2.24, 2.45) is 0 Å². The van der Waals surface area contributed by atoms with E-state index in [4.69, 9.17) is 9.47 Å². The van der Waals surface area contributed by atoms with Gasteiger partial charge in [-0.2, -0.15) is 0 Å². The van der Waals surface area contributed by atoms with Gasteiger partial charge in [0.1, 0.15) is 19.2 Å². The van der Waals surface area contributed by atoms with Crippen LogP contribution in [0.3, 0.4) is 0 Å². The Bertz CT molecular complexity index is 596. The molecule has 0 aliphatic carbocycles. The predicted octanol–water partition coefficient (Wildman–Crippen LogP) is 3.08. The van der Waals surface area contributed by atoms with Crippen LogP contribution >= 0.6 is 0 Å². The number of methoxy groups -OCH3 is 1. The molecule has 116 valence electrons. The van der Waals surface area contributed by atoms with E-state index < -0.39 is 0 Å². The van der Waals surface area contributed by atoms with Gasteiger partial charge in [-0.1, -0.05) is 43.0 Å². The molecule has 0 fully saturated rings. The van der Waals surface area contributed by atoms with Gasteiger partial charge in [0.25, 0.3) is 0 Å². The number of quaternary nitrogens is 1. The SMILES string of the molecule is C=CCOc1ccc(C[NH2+][C@H](C)c2ccccc2)cc1OC. The highest BCUT2D eigenvalue weighted by atomic mass is 16.5. The molecule has 2 rings (SSSR count). The first-order valence-corrected chi connectivity index (χ1v) is 7.53. The zero-order chi connectivity index (χ0) is 15.8. The highest BCUT2D eigenvalue weighted by Gasteiger charge is 2.10. The number of benzene rings is 2. The molecule has 3 nitrogen and oxygen atoms in total. The van der Waals surface area contributed by atoms with Crippen LogP contribution in [0.1, 0.15) is 24.1 Å². The first kappa shape index (κ1) is 16.1. The summed E-state index contributed by atoms with van der Waals surface area (Å²) >= 11 is 0. The van der Waals surface area contributed by atoms with Crippen molar-refractivity contribution >= 4 is 0 Å². The van der Waals surface area contributed by atoms with Crippen LogP contribution < -0.4 is 14.8 Å². The second kappa shape index (κ2) is 8.25. The first-order chi connectivity index (χ1) is 10.7. The molecular formula is C19H24NO2+. The van der Waals surface area contributed by atoms with Gasteiger partial charge in [-0.15, -0.1) is 0 Å². The van der Waals surface area contributed by atoms with Crippen LogP contribution in [0.4, 0.5) is 0 Å². The number of hydrogen-bond donors (Lipinski definition) is 1. The van der Waals surface area contributed by atoms with Crippen LogP contribution in [0, 0.1) is 0 Å². The minimum atomic E-state index is 0.420. The van der Waals surface area contributed by atoms with Gasteiger partial charge in [-0.05, 0) is 25.1 Å². The van der Waals surface area contributed by atoms with Crippen molar-refractivity contribution in [3.63, 3.8) is 0 Å². The minimum Gasteiger partial charge on any atom is -0.493 e. The van der Waals surface area contributed by atoms with Crippen molar-refractivity contribution in [3.05, 3.63) is 72.3 Å². The van der Waals surface area contributed by atoms with Gasteiger partial charge in [-0.25, -0.2) is 0 Å². The second-order valence-corrected chi connectivity index (χ2v) is 5.22. The maximum atomic E-state index is 5.57. The molecule has 0 saturated heterocycles. The number of hydrogen-bond acceptors (Lipinski definition) is 2. The summed E-state index contributed by atoms with van der Waals surface area (Å²) in [7, 11) is 1.66. The van der Waals surface area contributed by atoms with E-state index in [2.05, 4.69) is 49.2 Å². The van der Waals surface area contributed by atoms with Crippen molar-refractivity contribution in [2.45, 2.75) is 19.5 Å². The predicted molar refractivity (Wildman–Crippen MR) is 89.2 cm³/mol. The van der Waals surface area contributed by atoms with Gasteiger partial charge in [0, 0.05) is 11.1 Å². The van der Waals surface area contributed by atoms with Crippen molar-refractivity contribution in [3.8, 4) is 11.5 Å². The molecule has 1 atom stereocenters. The third-order valence-electron chi connectivity index (χ3n) is 3.62. The average molecular weight is 298 g/mol. The van der Waals surface area contributed by atoms with Gasteiger partial charge in [-0.3, -0.25) is 0 Å². The summed E-state index contributed by atoms with van der Waals surface area (Å²) < 4.78 is 11.0. The maximum absolute atomic E-state index is 5.57. The molecule has 3 heteroatoms. The summed E-state index contributed by atoms with van der Waals surface area (Å²) in [4.78, 5) is 0. The van der Waals surface area contributed by atoms with E-state index in [0.29, 0.717) is 12.6 Å². The van der Waals surface area contributed by atoms with Gasteiger partial charge in [0.2, 0.25) is 0 Å². The Hall–Kier alpha value is -2.26. The summed E-state index contributed by atoms with van der Waals surface area (Å²) in [6, 6.07) is 17.0. The molecule has 0 saturated carbocycles. The van der Waals surface area contributed by atoms with Crippen LogP contribution in [-0.4, -0.2) is 13.7 Å². The standard InChI is InChI=1S/C19H23NO2/c1-4-12-22-18-11-10-16(13-19(18)21-3)14-20-15(2)17-8-6-5-7-9-17/h4-11,13,15,20H,1,12,14H2,2-3H3/p+1/t15-/m1/s1. The van der Waals surface area contributed by atoms with Crippen LogP contribution in [0.5, 0.6) is 11.5 Å². The Morgan fingerprint density at radius 2 is 1.91 bits per heavy atom. The Labute approximate surface area is 132 Å². The molecule has 22 heavy (non-hydrogen) atoms. The lowest BCUT2D eigenvalue weighted by Crippen LogP contribution is -2.83. The fraction of sp³-hybridized carbons (Fsp3) is 0.263. The smallest absolute Gasteiger partial charge is 0.161 e. The van der Waals surface area contributed by atoms with Crippen LogP contribution in [-0.2, 0) is 6.54 Å². The topological polar surface area (TPSA) is 35.1 Å². The third-order valence-corrected chi connectivity index (χ3v) is 3.62. The molecule has 2 N–H and O–H groups in total. The lowest BCUT2D eigenvalue weighted by atomic mass is 10.1. The molecule has 0 radical (unpaired) electrons. The van der Waals surface area contributed by atoms with E-state index in [1.54, 1.807) is 13.2 Å². The molecule has 0 amide bonds. The maximum Gasteiger partial charge on any atom is 0.161 e. The molecule has 0 aliphatic rings. The zero-order valence-electron chi connectivity index (χ0n) is 13.3. The molecule has 0 bridgehead atoms. The first-order valence-electron chi connectivity index (χ1n) is 7.53. The van der Waals surface area contributed by atoms with Gasteiger partial charge >= 0.3 is 0 Å². The molecule has 0 unspecified atom stereocenters. The Morgan fingerprint density at radius 3 is 2.59 bits per heavy atom. The Balaban J connectivity index is 1.99. The largest absolute Gasteiger partial charge is 0.493 e. The fourth-order valence-corrected chi connectivity index (χ4v) is 2.31. The second-order valence-electron chi connectivity index (χ2n) is 5.22. The van der Waals surface area contributed by atoms with E-state index in [0.717, 1.165) is 18.0 Å².